The van der Waals surface area contributed by atoms with Crippen molar-refractivity contribution >= 4 is 10.1 Å². The molecular formula is C12H16FNO3S. The molecule has 1 unspecified atom stereocenters. The first-order valence-corrected chi connectivity index (χ1v) is 7.47. The molecule has 1 aromatic rings. The summed E-state index contributed by atoms with van der Waals surface area (Å²) in [5.74, 6) is -0.853. The summed E-state index contributed by atoms with van der Waals surface area (Å²) in [5.41, 5.74) is 2.40. The largest absolute Gasteiger partial charge is 0.307 e. The van der Waals surface area contributed by atoms with Gasteiger partial charge in [-0.2, -0.15) is 8.42 Å². The molecule has 6 heteroatoms. The monoisotopic (exact) mass is 273 g/mol. The average Bonchev–Trinajstić information content (AvgIpc) is 2.67. The summed E-state index contributed by atoms with van der Waals surface area (Å²) < 4.78 is 42.9. The second kappa shape index (κ2) is 5.34. The molecule has 1 aliphatic carbocycles. The smallest absolute Gasteiger partial charge is 0.267 e. The van der Waals surface area contributed by atoms with Crippen LogP contribution in [0.25, 0.3) is 0 Å². The zero-order valence-electron chi connectivity index (χ0n) is 9.84. The van der Waals surface area contributed by atoms with Crippen LogP contribution in [0.3, 0.4) is 0 Å². The number of aryl methyl sites for hydroxylation is 1. The lowest BCUT2D eigenvalue weighted by atomic mass is 10.1. The molecule has 2 atom stereocenters. The van der Waals surface area contributed by atoms with Crippen molar-refractivity contribution in [1.29, 1.82) is 0 Å². The van der Waals surface area contributed by atoms with Crippen LogP contribution in [0.1, 0.15) is 23.6 Å². The first-order valence-electron chi connectivity index (χ1n) is 5.86. The minimum atomic E-state index is -4.24. The SMILES string of the molecule is O=S(=O)(O)CC(F)CN[C@@H]1CCc2ccccc21. The van der Waals surface area contributed by atoms with Crippen molar-refractivity contribution in [3.05, 3.63) is 35.4 Å². The lowest BCUT2D eigenvalue weighted by molar-refractivity contribution is 0.323. The third kappa shape index (κ3) is 3.51. The molecule has 0 aromatic heterocycles. The second-order valence-corrected chi connectivity index (χ2v) is 6.04. The van der Waals surface area contributed by atoms with Crippen LogP contribution >= 0.6 is 0 Å². The summed E-state index contributed by atoms with van der Waals surface area (Å²) >= 11 is 0. The van der Waals surface area contributed by atoms with E-state index in [0.717, 1.165) is 18.4 Å². The molecule has 18 heavy (non-hydrogen) atoms. The number of nitrogens with one attached hydrogen (secondary N) is 1. The van der Waals surface area contributed by atoms with Crippen LogP contribution in [0.5, 0.6) is 0 Å². The average molecular weight is 273 g/mol. The van der Waals surface area contributed by atoms with Crippen LogP contribution in [0, 0.1) is 0 Å². The van der Waals surface area contributed by atoms with Gasteiger partial charge in [-0.1, -0.05) is 24.3 Å². The maximum absolute atomic E-state index is 13.3. The molecule has 2 N–H and O–H groups in total. The van der Waals surface area contributed by atoms with Crippen LogP contribution in [0.4, 0.5) is 4.39 Å². The van der Waals surface area contributed by atoms with E-state index in [-0.39, 0.29) is 12.6 Å². The van der Waals surface area contributed by atoms with Crippen molar-refractivity contribution in [2.45, 2.75) is 25.1 Å². The van der Waals surface area contributed by atoms with Crippen molar-refractivity contribution in [3.8, 4) is 0 Å². The van der Waals surface area contributed by atoms with E-state index in [0.29, 0.717) is 0 Å². The number of halogens is 1. The summed E-state index contributed by atoms with van der Waals surface area (Å²) in [6.45, 7) is -0.0706. The standard InChI is InChI=1S/C12H16FNO3S/c13-10(8-18(15,16)17)7-14-12-6-5-9-3-1-2-4-11(9)12/h1-4,10,12,14H,5-8H2,(H,15,16,17)/t10?,12-/m1/s1. The quantitative estimate of drug-likeness (QED) is 0.798. The maximum atomic E-state index is 13.3. The predicted molar refractivity (Wildman–Crippen MR) is 66.8 cm³/mol. The van der Waals surface area contributed by atoms with Gasteiger partial charge in [0, 0.05) is 12.6 Å². The summed E-state index contributed by atoms with van der Waals surface area (Å²) in [7, 11) is -4.24. The van der Waals surface area contributed by atoms with Crippen molar-refractivity contribution in [2.75, 3.05) is 12.3 Å². The summed E-state index contributed by atoms with van der Waals surface area (Å²) in [6.07, 6.45) is 0.244. The van der Waals surface area contributed by atoms with Crippen molar-refractivity contribution < 1.29 is 17.4 Å². The Morgan fingerprint density at radius 3 is 2.89 bits per heavy atom. The van der Waals surface area contributed by atoms with Gasteiger partial charge in [0.1, 0.15) is 11.9 Å². The van der Waals surface area contributed by atoms with Crippen LogP contribution in [0.15, 0.2) is 24.3 Å². The minimum absolute atomic E-state index is 0.0702. The van der Waals surface area contributed by atoms with E-state index in [4.69, 9.17) is 4.55 Å². The van der Waals surface area contributed by atoms with Gasteiger partial charge in [0.05, 0.1) is 0 Å². The van der Waals surface area contributed by atoms with Gasteiger partial charge in [-0.15, -0.1) is 0 Å². The molecular weight excluding hydrogens is 257 g/mol. The van der Waals surface area contributed by atoms with E-state index < -0.39 is 22.0 Å². The van der Waals surface area contributed by atoms with Gasteiger partial charge >= 0.3 is 0 Å². The number of hydrogen-bond acceptors (Lipinski definition) is 3. The fourth-order valence-electron chi connectivity index (χ4n) is 2.33. The Hall–Kier alpha value is -0.980. The molecule has 0 fully saturated rings. The van der Waals surface area contributed by atoms with E-state index >= 15 is 0 Å². The van der Waals surface area contributed by atoms with E-state index in [9.17, 15) is 12.8 Å². The van der Waals surface area contributed by atoms with Gasteiger partial charge in [0.2, 0.25) is 0 Å². The second-order valence-electron chi connectivity index (χ2n) is 4.54. The molecule has 100 valence electrons. The fraction of sp³-hybridized carbons (Fsp3) is 0.500. The highest BCUT2D eigenvalue weighted by atomic mass is 32.2. The molecule has 0 radical (unpaired) electrons. The predicted octanol–water partition coefficient (Wildman–Crippen LogP) is 1.49. The first kappa shape index (κ1) is 13.5. The van der Waals surface area contributed by atoms with Crippen LogP contribution < -0.4 is 5.32 Å². The molecule has 2 rings (SSSR count). The number of fused-ring (bicyclic) bond motifs is 1. The molecule has 1 aliphatic rings. The Balaban J connectivity index is 1.89. The molecule has 0 amide bonds. The normalized spacial score (nSPS) is 20.7. The fourth-order valence-corrected chi connectivity index (χ4v) is 2.90. The molecule has 4 nitrogen and oxygen atoms in total. The zero-order valence-corrected chi connectivity index (χ0v) is 10.7. The van der Waals surface area contributed by atoms with Crippen LogP contribution in [-0.2, 0) is 16.5 Å². The summed E-state index contributed by atoms with van der Waals surface area (Å²) in [5, 5.41) is 3.01. The molecule has 0 heterocycles. The van der Waals surface area contributed by atoms with Crippen LogP contribution in [-0.4, -0.2) is 31.4 Å². The Morgan fingerprint density at radius 2 is 2.17 bits per heavy atom. The van der Waals surface area contributed by atoms with Crippen molar-refractivity contribution in [3.63, 3.8) is 0 Å². The van der Waals surface area contributed by atoms with Crippen molar-refractivity contribution in [1.82, 2.24) is 5.32 Å². The Bertz CT molecular complexity index is 518. The van der Waals surface area contributed by atoms with E-state index in [1.807, 2.05) is 24.3 Å². The molecule has 0 saturated heterocycles. The zero-order chi connectivity index (χ0) is 13.2. The maximum Gasteiger partial charge on any atom is 0.267 e. The van der Waals surface area contributed by atoms with Gasteiger partial charge in [0.15, 0.2) is 0 Å². The highest BCUT2D eigenvalue weighted by Crippen LogP contribution is 2.30. The summed E-state index contributed by atoms with van der Waals surface area (Å²) in [4.78, 5) is 0. The minimum Gasteiger partial charge on any atom is -0.307 e. The van der Waals surface area contributed by atoms with Gasteiger partial charge in [0.25, 0.3) is 10.1 Å². The lowest BCUT2D eigenvalue weighted by Crippen LogP contribution is -2.31. The topological polar surface area (TPSA) is 66.4 Å². The first-order chi connectivity index (χ1) is 8.46. The lowest BCUT2D eigenvalue weighted by Gasteiger charge is -2.15. The Kier molecular flexibility index (Phi) is 3.99. The molecule has 0 bridgehead atoms. The molecule has 0 aliphatic heterocycles. The van der Waals surface area contributed by atoms with E-state index in [2.05, 4.69) is 5.32 Å². The molecule has 1 aromatic carbocycles. The summed E-state index contributed by atoms with van der Waals surface area (Å²) in [6, 6.07) is 8.01. The third-order valence-corrected chi connectivity index (χ3v) is 3.89. The van der Waals surface area contributed by atoms with Gasteiger partial charge < -0.3 is 5.32 Å². The molecule has 0 saturated carbocycles. The highest BCUT2D eigenvalue weighted by molar-refractivity contribution is 7.85. The van der Waals surface area contributed by atoms with E-state index in [1.54, 1.807) is 0 Å². The van der Waals surface area contributed by atoms with Gasteiger partial charge in [-0.3, -0.25) is 4.55 Å². The third-order valence-electron chi connectivity index (χ3n) is 3.11. The highest BCUT2D eigenvalue weighted by Gasteiger charge is 2.23. The van der Waals surface area contributed by atoms with Crippen LogP contribution in [0.2, 0.25) is 0 Å². The Labute approximate surface area is 106 Å². The number of hydrogen-bond donors (Lipinski definition) is 2. The number of benzene rings is 1. The van der Waals surface area contributed by atoms with E-state index in [1.165, 1.54) is 5.56 Å². The number of alkyl halides is 1. The van der Waals surface area contributed by atoms with Gasteiger partial charge in [-0.25, -0.2) is 4.39 Å². The Morgan fingerprint density at radius 1 is 1.44 bits per heavy atom. The number of rotatable bonds is 5. The van der Waals surface area contributed by atoms with Gasteiger partial charge in [-0.05, 0) is 24.0 Å². The van der Waals surface area contributed by atoms with Crippen molar-refractivity contribution in [2.24, 2.45) is 0 Å². The molecule has 0 spiro atoms.